The molecule has 2 aromatic carbocycles. The van der Waals surface area contributed by atoms with E-state index in [1.54, 1.807) is 11.8 Å². The summed E-state index contributed by atoms with van der Waals surface area (Å²) in [4.78, 5) is 2.32. The minimum Gasteiger partial charge on any atom is -0.419 e. The maximum absolute atomic E-state index is 5.92. The van der Waals surface area contributed by atoms with E-state index in [1.165, 1.54) is 5.69 Å². The summed E-state index contributed by atoms with van der Waals surface area (Å²) >= 11 is 1.57. The van der Waals surface area contributed by atoms with Crippen molar-refractivity contribution < 1.29 is 4.42 Å². The molecule has 0 bridgehead atoms. The highest BCUT2D eigenvalue weighted by Crippen LogP contribution is 2.36. The van der Waals surface area contributed by atoms with E-state index in [0.717, 1.165) is 41.7 Å². The monoisotopic (exact) mass is 448 g/mol. The summed E-state index contributed by atoms with van der Waals surface area (Å²) in [6.45, 7) is 11.2. The van der Waals surface area contributed by atoms with Crippen LogP contribution in [0.25, 0.3) is 22.8 Å². The predicted molar refractivity (Wildman–Crippen MR) is 129 cm³/mol. The third-order valence-electron chi connectivity index (χ3n) is 5.38. The molecule has 8 heteroatoms. The zero-order chi connectivity index (χ0) is 22.5. The van der Waals surface area contributed by atoms with Gasteiger partial charge in [0.05, 0.1) is 5.25 Å². The third kappa shape index (κ3) is 4.55. The molecule has 32 heavy (non-hydrogen) atoms. The van der Waals surface area contributed by atoms with Gasteiger partial charge >= 0.3 is 0 Å². The average Bonchev–Trinajstić information content (AvgIpc) is 3.48. The van der Waals surface area contributed by atoms with Crippen LogP contribution in [0.4, 0.5) is 5.69 Å². The van der Waals surface area contributed by atoms with Gasteiger partial charge in [-0.3, -0.25) is 0 Å². The molecule has 2 aromatic heterocycles. The van der Waals surface area contributed by atoms with Crippen LogP contribution in [0.1, 0.15) is 38.8 Å². The highest BCUT2D eigenvalue weighted by atomic mass is 32.2. The second-order valence-corrected chi connectivity index (χ2v) is 8.65. The smallest absolute Gasteiger partial charge is 0.247 e. The lowest BCUT2D eigenvalue weighted by Crippen LogP contribution is -2.21. The predicted octanol–water partition coefficient (Wildman–Crippen LogP) is 5.71. The first-order valence-electron chi connectivity index (χ1n) is 11.0. The van der Waals surface area contributed by atoms with Gasteiger partial charge in [-0.15, -0.1) is 20.4 Å². The molecule has 0 N–H and O–H groups in total. The Morgan fingerprint density at radius 3 is 2.25 bits per heavy atom. The van der Waals surface area contributed by atoms with Crippen LogP contribution in [0.5, 0.6) is 0 Å². The number of hydrogen-bond donors (Lipinski definition) is 0. The summed E-state index contributed by atoms with van der Waals surface area (Å²) in [7, 11) is 0. The largest absolute Gasteiger partial charge is 0.419 e. The summed E-state index contributed by atoms with van der Waals surface area (Å²) in [5.74, 6) is 1.97. The lowest BCUT2D eigenvalue weighted by Gasteiger charge is -2.21. The van der Waals surface area contributed by atoms with E-state index in [0.29, 0.717) is 11.8 Å². The molecule has 0 aliphatic carbocycles. The Balaban J connectivity index is 1.53. The fourth-order valence-corrected chi connectivity index (χ4v) is 4.53. The molecule has 0 aliphatic heterocycles. The number of thioether (sulfide) groups is 1. The highest BCUT2D eigenvalue weighted by Gasteiger charge is 2.21. The fourth-order valence-electron chi connectivity index (χ4n) is 3.59. The first-order chi connectivity index (χ1) is 15.6. The van der Waals surface area contributed by atoms with Crippen molar-refractivity contribution in [3.8, 4) is 22.8 Å². The molecule has 0 spiro atoms. The Kier molecular flexibility index (Phi) is 6.90. The van der Waals surface area contributed by atoms with Crippen molar-refractivity contribution in [3.63, 3.8) is 0 Å². The van der Waals surface area contributed by atoms with Gasteiger partial charge in [0.15, 0.2) is 11.0 Å². The van der Waals surface area contributed by atoms with Crippen molar-refractivity contribution in [2.45, 2.75) is 44.6 Å². The molecule has 7 nitrogen and oxygen atoms in total. The number of rotatable bonds is 9. The Bertz CT molecular complexity index is 1140. The van der Waals surface area contributed by atoms with Crippen LogP contribution in [-0.4, -0.2) is 38.1 Å². The fraction of sp³-hybridized carbons (Fsp3) is 0.333. The van der Waals surface area contributed by atoms with E-state index >= 15 is 0 Å². The second kappa shape index (κ2) is 9.99. The van der Waals surface area contributed by atoms with Gasteiger partial charge in [-0.25, -0.2) is 0 Å². The lowest BCUT2D eigenvalue weighted by molar-refractivity contribution is 0.508. The standard InChI is InChI=1S/C24H28N6OS/c1-5-29(6-2)20-15-13-18(14-16-20)21-25-28-24(30(21)7-3)32-17(4)22-26-27-23(31-22)19-11-9-8-10-12-19/h8-17H,5-7H2,1-4H3. The Morgan fingerprint density at radius 1 is 0.875 bits per heavy atom. The van der Waals surface area contributed by atoms with Gasteiger partial charge in [0, 0.05) is 36.4 Å². The van der Waals surface area contributed by atoms with Gasteiger partial charge < -0.3 is 13.9 Å². The molecule has 1 atom stereocenters. The zero-order valence-electron chi connectivity index (χ0n) is 18.9. The van der Waals surface area contributed by atoms with E-state index in [9.17, 15) is 0 Å². The minimum absolute atomic E-state index is 0.0487. The molecule has 0 aliphatic rings. The Morgan fingerprint density at radius 2 is 1.59 bits per heavy atom. The quantitative estimate of drug-likeness (QED) is 0.303. The number of nitrogens with zero attached hydrogens (tertiary/aromatic N) is 6. The molecule has 0 saturated carbocycles. The Hall–Kier alpha value is -3.13. The van der Waals surface area contributed by atoms with E-state index < -0.39 is 0 Å². The summed E-state index contributed by atoms with van der Waals surface area (Å²) < 4.78 is 8.05. The van der Waals surface area contributed by atoms with E-state index in [4.69, 9.17) is 4.42 Å². The van der Waals surface area contributed by atoms with Crippen molar-refractivity contribution in [2.24, 2.45) is 0 Å². The summed E-state index contributed by atoms with van der Waals surface area (Å²) in [6.07, 6.45) is 0. The van der Waals surface area contributed by atoms with E-state index in [-0.39, 0.29) is 5.25 Å². The van der Waals surface area contributed by atoms with Crippen LogP contribution in [0.2, 0.25) is 0 Å². The van der Waals surface area contributed by atoms with Gasteiger partial charge in [0.2, 0.25) is 11.8 Å². The first kappa shape index (κ1) is 22.1. The van der Waals surface area contributed by atoms with Crippen molar-refractivity contribution in [1.82, 2.24) is 25.0 Å². The van der Waals surface area contributed by atoms with Crippen LogP contribution in [0.3, 0.4) is 0 Å². The first-order valence-corrected chi connectivity index (χ1v) is 11.9. The minimum atomic E-state index is -0.0487. The van der Waals surface area contributed by atoms with Gasteiger partial charge in [-0.05, 0) is 64.1 Å². The van der Waals surface area contributed by atoms with Crippen molar-refractivity contribution >= 4 is 17.4 Å². The molecule has 0 amide bonds. The molecular weight excluding hydrogens is 420 g/mol. The SMILES string of the molecule is CCN(CC)c1ccc(-c2nnc(SC(C)c3nnc(-c4ccccc4)o3)n2CC)cc1. The number of anilines is 1. The molecule has 166 valence electrons. The molecule has 2 heterocycles. The maximum Gasteiger partial charge on any atom is 0.247 e. The van der Waals surface area contributed by atoms with Crippen molar-refractivity contribution in [2.75, 3.05) is 18.0 Å². The Labute approximate surface area is 192 Å². The second-order valence-electron chi connectivity index (χ2n) is 7.34. The average molecular weight is 449 g/mol. The lowest BCUT2D eigenvalue weighted by atomic mass is 10.2. The molecule has 4 rings (SSSR count). The maximum atomic E-state index is 5.92. The van der Waals surface area contributed by atoms with Crippen molar-refractivity contribution in [3.05, 3.63) is 60.5 Å². The normalized spacial score (nSPS) is 12.1. The number of hydrogen-bond acceptors (Lipinski definition) is 7. The highest BCUT2D eigenvalue weighted by molar-refractivity contribution is 7.99. The molecule has 0 fully saturated rings. The zero-order valence-corrected chi connectivity index (χ0v) is 19.7. The van der Waals surface area contributed by atoms with Crippen LogP contribution in [-0.2, 0) is 6.54 Å². The summed E-state index contributed by atoms with van der Waals surface area (Å²) in [5.41, 5.74) is 3.18. The van der Waals surface area contributed by atoms with Crippen LogP contribution < -0.4 is 4.90 Å². The molecular formula is C24H28N6OS. The summed E-state index contributed by atoms with van der Waals surface area (Å²) in [6, 6.07) is 18.3. The van der Waals surface area contributed by atoms with Crippen LogP contribution in [0, 0.1) is 0 Å². The van der Waals surface area contributed by atoms with E-state index in [1.807, 2.05) is 37.3 Å². The summed E-state index contributed by atoms with van der Waals surface area (Å²) in [5, 5.41) is 18.2. The molecule has 0 radical (unpaired) electrons. The number of benzene rings is 2. The van der Waals surface area contributed by atoms with E-state index in [2.05, 4.69) is 74.9 Å². The van der Waals surface area contributed by atoms with Crippen molar-refractivity contribution in [1.29, 1.82) is 0 Å². The molecule has 1 unspecified atom stereocenters. The molecule has 0 saturated heterocycles. The van der Waals surface area contributed by atoms with Gasteiger partial charge in [-0.2, -0.15) is 0 Å². The number of aromatic nitrogens is 5. The van der Waals surface area contributed by atoms with Crippen LogP contribution in [0.15, 0.2) is 64.2 Å². The third-order valence-corrected chi connectivity index (χ3v) is 6.45. The van der Waals surface area contributed by atoms with Gasteiger partial charge in [0.1, 0.15) is 0 Å². The van der Waals surface area contributed by atoms with Gasteiger partial charge in [-0.1, -0.05) is 30.0 Å². The van der Waals surface area contributed by atoms with Gasteiger partial charge in [0.25, 0.3) is 0 Å². The topological polar surface area (TPSA) is 72.9 Å². The van der Waals surface area contributed by atoms with Crippen LogP contribution >= 0.6 is 11.8 Å². The molecule has 4 aromatic rings.